The monoisotopic (exact) mass is 246 g/mol. The maximum atomic E-state index is 12.4. The van der Waals surface area contributed by atoms with Crippen molar-refractivity contribution in [1.82, 2.24) is 9.97 Å². The molecule has 0 saturated carbocycles. The van der Waals surface area contributed by atoms with Gasteiger partial charge in [-0.3, -0.25) is 0 Å². The predicted molar refractivity (Wildman–Crippen MR) is 54.0 cm³/mol. The molecule has 0 aliphatic carbocycles. The van der Waals surface area contributed by atoms with Gasteiger partial charge in [0.25, 0.3) is 0 Å². The van der Waals surface area contributed by atoms with Gasteiger partial charge in [0.2, 0.25) is 0 Å². The minimum absolute atomic E-state index is 0.320. The van der Waals surface area contributed by atoms with E-state index in [0.29, 0.717) is 11.3 Å². The molecule has 2 aromatic rings. The van der Waals surface area contributed by atoms with Crippen molar-refractivity contribution in [3.8, 4) is 11.3 Å². The van der Waals surface area contributed by atoms with Crippen molar-refractivity contribution in [3.63, 3.8) is 0 Å². The number of hydrogen-bond donors (Lipinski definition) is 1. The van der Waals surface area contributed by atoms with Crippen molar-refractivity contribution in [2.75, 3.05) is 0 Å². The van der Waals surface area contributed by atoms with Gasteiger partial charge in [0.05, 0.1) is 28.8 Å². The van der Waals surface area contributed by atoms with Gasteiger partial charge in [0.15, 0.2) is 0 Å². The third-order valence-electron chi connectivity index (χ3n) is 2.08. The zero-order chi connectivity index (χ0) is 11.8. The zero-order valence-electron chi connectivity index (χ0n) is 7.85. The number of alkyl halides is 3. The smallest absolute Gasteiger partial charge is 0.345 e. The molecular weight excluding hydrogens is 241 g/mol. The van der Waals surface area contributed by atoms with Crippen LogP contribution in [0.25, 0.3) is 11.3 Å². The molecule has 0 saturated heterocycles. The van der Waals surface area contributed by atoms with Gasteiger partial charge in [-0.25, -0.2) is 4.98 Å². The average Bonchev–Trinajstić information content (AvgIpc) is 2.68. The lowest BCUT2D eigenvalue weighted by Gasteiger charge is -2.09. The summed E-state index contributed by atoms with van der Waals surface area (Å²) in [6.07, 6.45) is -1.47. The molecule has 0 amide bonds. The second kappa shape index (κ2) is 3.83. The molecule has 0 aliphatic rings. The maximum absolute atomic E-state index is 12.4. The summed E-state index contributed by atoms with van der Waals surface area (Å²) in [6.45, 7) is 0. The van der Waals surface area contributed by atoms with Crippen LogP contribution in [0.15, 0.2) is 30.7 Å². The van der Waals surface area contributed by atoms with Crippen LogP contribution in [-0.4, -0.2) is 9.97 Å². The minimum atomic E-state index is -4.43. The number of nitrogens with one attached hydrogen (secondary N) is 1. The van der Waals surface area contributed by atoms with Crippen molar-refractivity contribution in [1.29, 1.82) is 0 Å². The SMILES string of the molecule is FC(F)(F)c1ccc(-c2cnc[nH]2)cc1Cl. The van der Waals surface area contributed by atoms with Crippen LogP contribution in [0.5, 0.6) is 0 Å². The topological polar surface area (TPSA) is 28.7 Å². The van der Waals surface area contributed by atoms with Gasteiger partial charge in [-0.1, -0.05) is 17.7 Å². The molecule has 0 aliphatic heterocycles. The Kier molecular flexibility index (Phi) is 2.63. The Hall–Kier alpha value is -1.49. The van der Waals surface area contributed by atoms with Gasteiger partial charge in [-0.05, 0) is 12.1 Å². The lowest BCUT2D eigenvalue weighted by atomic mass is 10.1. The van der Waals surface area contributed by atoms with Gasteiger partial charge in [0.1, 0.15) is 0 Å². The second-order valence-corrected chi connectivity index (χ2v) is 3.56. The molecule has 1 N–H and O–H groups in total. The van der Waals surface area contributed by atoms with Crippen LogP contribution in [0, 0.1) is 0 Å². The first-order valence-electron chi connectivity index (χ1n) is 4.34. The largest absolute Gasteiger partial charge is 0.417 e. The van der Waals surface area contributed by atoms with E-state index in [1.807, 2.05) is 0 Å². The van der Waals surface area contributed by atoms with Crippen molar-refractivity contribution in [2.24, 2.45) is 0 Å². The molecule has 0 fully saturated rings. The molecule has 0 atom stereocenters. The first-order chi connectivity index (χ1) is 7.48. The summed E-state index contributed by atoms with van der Waals surface area (Å²) in [5.41, 5.74) is 0.351. The zero-order valence-corrected chi connectivity index (χ0v) is 8.60. The molecular formula is C10H6ClF3N2. The van der Waals surface area contributed by atoms with Crippen LogP contribution in [-0.2, 0) is 6.18 Å². The van der Waals surface area contributed by atoms with E-state index >= 15 is 0 Å². The Morgan fingerprint density at radius 3 is 2.50 bits per heavy atom. The first-order valence-corrected chi connectivity index (χ1v) is 4.72. The molecule has 1 aromatic carbocycles. The highest BCUT2D eigenvalue weighted by atomic mass is 35.5. The van der Waals surface area contributed by atoms with Gasteiger partial charge in [0, 0.05) is 5.56 Å². The van der Waals surface area contributed by atoms with Crippen LogP contribution < -0.4 is 0 Å². The lowest BCUT2D eigenvalue weighted by Crippen LogP contribution is -2.05. The van der Waals surface area contributed by atoms with E-state index in [2.05, 4.69) is 9.97 Å². The molecule has 16 heavy (non-hydrogen) atoms. The van der Waals surface area contributed by atoms with Crippen molar-refractivity contribution in [3.05, 3.63) is 41.3 Å². The molecule has 0 unspecified atom stereocenters. The molecule has 6 heteroatoms. The second-order valence-electron chi connectivity index (χ2n) is 3.16. The molecule has 1 heterocycles. The summed E-state index contributed by atoms with van der Waals surface area (Å²) in [7, 11) is 0. The number of halogens is 4. The summed E-state index contributed by atoms with van der Waals surface area (Å²) in [5, 5.41) is -0.320. The van der Waals surface area contributed by atoms with E-state index in [1.54, 1.807) is 0 Å². The van der Waals surface area contributed by atoms with Gasteiger partial charge < -0.3 is 4.98 Å². The van der Waals surface area contributed by atoms with Gasteiger partial charge in [-0.15, -0.1) is 0 Å². The molecule has 0 radical (unpaired) electrons. The Balaban J connectivity index is 2.45. The van der Waals surface area contributed by atoms with E-state index in [9.17, 15) is 13.2 Å². The normalized spacial score (nSPS) is 11.8. The molecule has 2 rings (SSSR count). The number of hydrogen-bond acceptors (Lipinski definition) is 1. The highest BCUT2D eigenvalue weighted by molar-refractivity contribution is 6.31. The maximum Gasteiger partial charge on any atom is 0.417 e. The summed E-state index contributed by atoms with van der Waals surface area (Å²) in [5.74, 6) is 0. The molecule has 0 bridgehead atoms. The Bertz CT molecular complexity index is 491. The lowest BCUT2D eigenvalue weighted by molar-refractivity contribution is -0.137. The van der Waals surface area contributed by atoms with Crippen molar-refractivity contribution >= 4 is 11.6 Å². The standard InChI is InChI=1S/C10H6ClF3N2/c11-8-3-6(9-4-15-5-16-9)1-2-7(8)10(12,13)14/h1-5H,(H,15,16). The number of benzene rings is 1. The summed E-state index contributed by atoms with van der Waals surface area (Å²) < 4.78 is 37.3. The highest BCUT2D eigenvalue weighted by Gasteiger charge is 2.33. The fourth-order valence-corrected chi connectivity index (χ4v) is 1.61. The highest BCUT2D eigenvalue weighted by Crippen LogP contribution is 2.36. The van der Waals surface area contributed by atoms with E-state index < -0.39 is 11.7 Å². The fraction of sp³-hybridized carbons (Fsp3) is 0.100. The number of nitrogens with zero attached hydrogens (tertiary/aromatic N) is 1. The average molecular weight is 247 g/mol. The number of imidazole rings is 1. The molecule has 0 spiro atoms. The number of aromatic nitrogens is 2. The van der Waals surface area contributed by atoms with E-state index in [0.717, 1.165) is 6.07 Å². The fourth-order valence-electron chi connectivity index (χ4n) is 1.33. The Morgan fingerprint density at radius 1 is 1.25 bits per heavy atom. The van der Waals surface area contributed by atoms with Crippen LogP contribution in [0.2, 0.25) is 5.02 Å². The third-order valence-corrected chi connectivity index (χ3v) is 2.40. The number of H-pyrrole nitrogens is 1. The number of rotatable bonds is 1. The van der Waals surface area contributed by atoms with Crippen LogP contribution in [0.1, 0.15) is 5.56 Å². The van der Waals surface area contributed by atoms with Crippen LogP contribution in [0.3, 0.4) is 0 Å². The van der Waals surface area contributed by atoms with E-state index in [-0.39, 0.29) is 5.02 Å². The summed E-state index contributed by atoms with van der Waals surface area (Å²) in [6, 6.07) is 3.57. The van der Waals surface area contributed by atoms with Crippen LogP contribution in [0.4, 0.5) is 13.2 Å². The molecule has 1 aromatic heterocycles. The minimum Gasteiger partial charge on any atom is -0.345 e. The number of aromatic amines is 1. The van der Waals surface area contributed by atoms with Gasteiger partial charge in [-0.2, -0.15) is 13.2 Å². The van der Waals surface area contributed by atoms with Crippen LogP contribution >= 0.6 is 11.6 Å². The molecule has 2 nitrogen and oxygen atoms in total. The third kappa shape index (κ3) is 2.04. The first kappa shape index (κ1) is 11.0. The van der Waals surface area contributed by atoms with E-state index in [1.165, 1.54) is 24.7 Å². The summed E-state index contributed by atoms with van der Waals surface area (Å²) in [4.78, 5) is 6.57. The van der Waals surface area contributed by atoms with Gasteiger partial charge >= 0.3 is 6.18 Å². The summed E-state index contributed by atoms with van der Waals surface area (Å²) >= 11 is 5.58. The van der Waals surface area contributed by atoms with Crippen molar-refractivity contribution in [2.45, 2.75) is 6.18 Å². The quantitative estimate of drug-likeness (QED) is 0.816. The Labute approximate surface area is 94.1 Å². The Morgan fingerprint density at radius 2 is 2.00 bits per heavy atom. The predicted octanol–water partition coefficient (Wildman–Crippen LogP) is 3.75. The molecule has 84 valence electrons. The van der Waals surface area contributed by atoms with Crippen molar-refractivity contribution < 1.29 is 13.2 Å². The van der Waals surface area contributed by atoms with E-state index in [4.69, 9.17) is 11.6 Å².